The highest BCUT2D eigenvalue weighted by Gasteiger charge is 2.53. The van der Waals surface area contributed by atoms with Crippen LogP contribution in [0.1, 0.15) is 32.3 Å². The minimum absolute atomic E-state index is 0.108. The number of carbonyl (C=O) groups is 1. The van der Waals surface area contributed by atoms with Crippen molar-refractivity contribution in [1.82, 2.24) is 0 Å². The topological polar surface area (TPSA) is 46.5 Å². The van der Waals surface area contributed by atoms with E-state index in [2.05, 4.69) is 0 Å². The molecule has 3 nitrogen and oxygen atoms in total. The van der Waals surface area contributed by atoms with Crippen LogP contribution in [0.3, 0.4) is 0 Å². The number of aliphatic carboxylic acids is 1. The van der Waals surface area contributed by atoms with E-state index in [1.54, 1.807) is 0 Å². The van der Waals surface area contributed by atoms with Gasteiger partial charge in [0.15, 0.2) is 5.60 Å². The molecule has 1 aromatic carbocycles. The van der Waals surface area contributed by atoms with Crippen LogP contribution in [0.25, 0.3) is 0 Å². The van der Waals surface area contributed by atoms with Crippen LogP contribution in [0.5, 0.6) is 0 Å². The maximum absolute atomic E-state index is 11.8. The fourth-order valence-corrected chi connectivity index (χ4v) is 2.27. The Kier molecular flexibility index (Phi) is 3.71. The predicted molar refractivity (Wildman–Crippen MR) is 69.3 cm³/mol. The zero-order valence-corrected chi connectivity index (χ0v) is 10.9. The third-order valence-electron chi connectivity index (χ3n) is 3.32. The molecule has 1 saturated carbocycles. The summed E-state index contributed by atoms with van der Waals surface area (Å²) >= 11 is 0. The fourth-order valence-electron chi connectivity index (χ4n) is 2.27. The van der Waals surface area contributed by atoms with Crippen molar-refractivity contribution < 1.29 is 14.6 Å². The van der Waals surface area contributed by atoms with Gasteiger partial charge < -0.3 is 9.84 Å². The summed E-state index contributed by atoms with van der Waals surface area (Å²) in [6, 6.07) is 9.34. The Morgan fingerprint density at radius 3 is 2.44 bits per heavy atom. The van der Waals surface area contributed by atoms with Crippen LogP contribution >= 0.6 is 0 Å². The molecule has 1 aliphatic carbocycles. The maximum Gasteiger partial charge on any atom is 0.340 e. The molecule has 0 heterocycles. The van der Waals surface area contributed by atoms with Gasteiger partial charge in [0.1, 0.15) is 0 Å². The highest BCUT2D eigenvalue weighted by Crippen LogP contribution is 2.48. The van der Waals surface area contributed by atoms with Gasteiger partial charge in [-0.15, -0.1) is 0 Å². The highest BCUT2D eigenvalue weighted by molar-refractivity contribution is 5.80. The lowest BCUT2D eigenvalue weighted by atomic mass is 9.88. The number of hydrogen-bond donors (Lipinski definition) is 1. The van der Waals surface area contributed by atoms with Gasteiger partial charge in [0.2, 0.25) is 0 Å². The van der Waals surface area contributed by atoms with Gasteiger partial charge in [0.05, 0.1) is 6.61 Å². The van der Waals surface area contributed by atoms with E-state index >= 15 is 0 Å². The Labute approximate surface area is 108 Å². The molecule has 98 valence electrons. The van der Waals surface area contributed by atoms with Crippen molar-refractivity contribution in [2.75, 3.05) is 6.61 Å². The summed E-state index contributed by atoms with van der Waals surface area (Å²) < 4.78 is 5.86. The molecule has 1 aromatic rings. The van der Waals surface area contributed by atoms with Crippen molar-refractivity contribution in [2.45, 2.75) is 32.3 Å². The fraction of sp³-hybridized carbons (Fsp3) is 0.533. The van der Waals surface area contributed by atoms with E-state index in [-0.39, 0.29) is 5.92 Å². The molecule has 1 aliphatic rings. The maximum atomic E-state index is 11.8. The summed E-state index contributed by atoms with van der Waals surface area (Å²) in [4.78, 5) is 11.8. The second kappa shape index (κ2) is 5.11. The molecule has 3 heteroatoms. The Bertz CT molecular complexity index is 409. The predicted octanol–water partition coefficient (Wildman–Crippen LogP) is 3.05. The number of hydrogen-bond acceptors (Lipinski definition) is 2. The lowest BCUT2D eigenvalue weighted by molar-refractivity contribution is -0.173. The number of rotatable bonds is 6. The Morgan fingerprint density at radius 2 is 2.00 bits per heavy atom. The summed E-state index contributed by atoms with van der Waals surface area (Å²) in [6.07, 6.45) is 1.86. The second-order valence-corrected chi connectivity index (χ2v) is 5.39. The van der Waals surface area contributed by atoms with E-state index in [1.165, 1.54) is 0 Å². The first-order chi connectivity index (χ1) is 8.57. The molecule has 0 amide bonds. The molecule has 0 aliphatic heterocycles. The summed E-state index contributed by atoms with van der Waals surface area (Å²) in [5, 5.41) is 9.68. The largest absolute Gasteiger partial charge is 0.479 e. The smallest absolute Gasteiger partial charge is 0.340 e. The van der Waals surface area contributed by atoms with Crippen molar-refractivity contribution in [3.63, 3.8) is 0 Å². The van der Waals surface area contributed by atoms with E-state index in [9.17, 15) is 9.90 Å². The Hall–Kier alpha value is -1.35. The van der Waals surface area contributed by atoms with Crippen LogP contribution < -0.4 is 0 Å². The van der Waals surface area contributed by atoms with E-state index in [0.29, 0.717) is 12.5 Å². The SMILES string of the molecule is CC(C)COC(C(=O)O)(c1ccccc1)C1CC1. The minimum Gasteiger partial charge on any atom is -0.479 e. The van der Waals surface area contributed by atoms with Gasteiger partial charge in [-0.25, -0.2) is 4.79 Å². The molecular weight excluding hydrogens is 228 g/mol. The minimum atomic E-state index is -1.15. The van der Waals surface area contributed by atoms with Gasteiger partial charge in [-0.3, -0.25) is 0 Å². The summed E-state index contributed by atoms with van der Waals surface area (Å²) in [5.74, 6) is -0.431. The van der Waals surface area contributed by atoms with Crippen LogP contribution in [-0.2, 0) is 15.1 Å². The molecule has 18 heavy (non-hydrogen) atoms. The van der Waals surface area contributed by atoms with Gasteiger partial charge in [0, 0.05) is 5.92 Å². The molecule has 0 aromatic heterocycles. The summed E-state index contributed by atoms with van der Waals surface area (Å²) in [7, 11) is 0. The second-order valence-electron chi connectivity index (χ2n) is 5.39. The molecule has 2 rings (SSSR count). The van der Waals surface area contributed by atoms with Crippen LogP contribution in [0.15, 0.2) is 30.3 Å². The zero-order chi connectivity index (χ0) is 13.2. The highest BCUT2D eigenvalue weighted by atomic mass is 16.5. The standard InChI is InChI=1S/C15H20O3/c1-11(2)10-18-15(14(16)17,13-8-9-13)12-6-4-3-5-7-12/h3-7,11,13H,8-10H2,1-2H3,(H,16,17). The third-order valence-corrected chi connectivity index (χ3v) is 3.32. The van der Waals surface area contributed by atoms with Crippen LogP contribution in [0.2, 0.25) is 0 Å². The molecule has 0 saturated heterocycles. The van der Waals surface area contributed by atoms with Crippen molar-refractivity contribution in [3.05, 3.63) is 35.9 Å². The Morgan fingerprint density at radius 1 is 1.39 bits per heavy atom. The molecule has 1 fully saturated rings. The number of carboxylic acid groups (broad SMARTS) is 1. The van der Waals surface area contributed by atoms with Crippen molar-refractivity contribution in [1.29, 1.82) is 0 Å². The lowest BCUT2D eigenvalue weighted by Gasteiger charge is -2.31. The van der Waals surface area contributed by atoms with E-state index < -0.39 is 11.6 Å². The lowest BCUT2D eigenvalue weighted by Crippen LogP contribution is -2.42. The molecule has 1 unspecified atom stereocenters. The quantitative estimate of drug-likeness (QED) is 0.841. The van der Waals surface area contributed by atoms with Gasteiger partial charge in [0.25, 0.3) is 0 Å². The van der Waals surface area contributed by atoms with Crippen LogP contribution in [0.4, 0.5) is 0 Å². The first kappa shape index (κ1) is 13.1. The molecule has 0 spiro atoms. The first-order valence-electron chi connectivity index (χ1n) is 6.50. The molecule has 0 radical (unpaired) electrons. The Balaban J connectivity index is 2.34. The monoisotopic (exact) mass is 248 g/mol. The van der Waals surface area contributed by atoms with Crippen LogP contribution in [0, 0.1) is 11.8 Å². The summed E-state index contributed by atoms with van der Waals surface area (Å²) in [5.41, 5.74) is -0.383. The van der Waals surface area contributed by atoms with Crippen molar-refractivity contribution >= 4 is 5.97 Å². The molecule has 1 atom stereocenters. The van der Waals surface area contributed by atoms with Gasteiger partial charge >= 0.3 is 5.97 Å². The van der Waals surface area contributed by atoms with E-state index in [4.69, 9.17) is 4.74 Å². The van der Waals surface area contributed by atoms with Gasteiger partial charge in [-0.2, -0.15) is 0 Å². The first-order valence-corrected chi connectivity index (χ1v) is 6.50. The summed E-state index contributed by atoms with van der Waals surface area (Å²) in [6.45, 7) is 4.53. The zero-order valence-electron chi connectivity index (χ0n) is 10.9. The van der Waals surface area contributed by atoms with Gasteiger partial charge in [-0.1, -0.05) is 44.2 Å². The van der Waals surface area contributed by atoms with Crippen LogP contribution in [-0.4, -0.2) is 17.7 Å². The third kappa shape index (κ3) is 2.41. The molecule has 0 bridgehead atoms. The van der Waals surface area contributed by atoms with E-state index in [0.717, 1.165) is 18.4 Å². The number of carboxylic acids is 1. The van der Waals surface area contributed by atoms with Gasteiger partial charge in [-0.05, 0) is 24.3 Å². The number of benzene rings is 1. The average molecular weight is 248 g/mol. The van der Waals surface area contributed by atoms with E-state index in [1.807, 2.05) is 44.2 Å². The normalized spacial score (nSPS) is 18.6. The average Bonchev–Trinajstić information content (AvgIpc) is 3.15. The molecule has 1 N–H and O–H groups in total. The molecular formula is C15H20O3. The number of ether oxygens (including phenoxy) is 1. The van der Waals surface area contributed by atoms with Crippen molar-refractivity contribution in [2.24, 2.45) is 11.8 Å². The van der Waals surface area contributed by atoms with Crippen molar-refractivity contribution in [3.8, 4) is 0 Å².